The van der Waals surface area contributed by atoms with Gasteiger partial charge in [0.1, 0.15) is 0 Å². The van der Waals surface area contributed by atoms with E-state index in [2.05, 4.69) is 13.8 Å². The van der Waals surface area contributed by atoms with Crippen LogP contribution in [0.25, 0.3) is 0 Å². The highest BCUT2D eigenvalue weighted by Gasteiger charge is 2.11. The number of carbonyl (C=O) groups excluding carboxylic acids is 1. The summed E-state index contributed by atoms with van der Waals surface area (Å²) in [5.41, 5.74) is 0. The first-order valence-electron chi connectivity index (χ1n) is 7.31. The van der Waals surface area contributed by atoms with E-state index in [0.29, 0.717) is 6.42 Å². The highest BCUT2D eigenvalue weighted by Crippen LogP contribution is 2.22. The Morgan fingerprint density at radius 3 is 2.18 bits per heavy atom. The summed E-state index contributed by atoms with van der Waals surface area (Å²) in [7, 11) is 1.48. The number of unbranched alkanes of at least 4 members (excludes halogenated alkanes) is 4. The number of esters is 1. The summed E-state index contributed by atoms with van der Waals surface area (Å²) in [6.07, 6.45) is 12.0. The predicted molar refractivity (Wildman–Crippen MR) is 73.0 cm³/mol. The molecule has 0 aromatic heterocycles. The SMILES string of the molecule is CCCCCCC(CCCC)CCC(=O)OC. The lowest BCUT2D eigenvalue weighted by atomic mass is 9.91. The van der Waals surface area contributed by atoms with Crippen LogP contribution in [0.3, 0.4) is 0 Å². The molecule has 2 nitrogen and oxygen atoms in total. The summed E-state index contributed by atoms with van der Waals surface area (Å²) in [6, 6.07) is 0. The van der Waals surface area contributed by atoms with E-state index >= 15 is 0 Å². The smallest absolute Gasteiger partial charge is 0.305 e. The fourth-order valence-corrected chi connectivity index (χ4v) is 2.21. The van der Waals surface area contributed by atoms with Crippen LogP contribution < -0.4 is 0 Å². The Balaban J connectivity index is 3.74. The molecule has 1 unspecified atom stereocenters. The second-order valence-electron chi connectivity index (χ2n) is 4.97. The lowest BCUT2D eigenvalue weighted by Gasteiger charge is -2.15. The van der Waals surface area contributed by atoms with Gasteiger partial charge in [-0.1, -0.05) is 65.2 Å². The Labute approximate surface area is 107 Å². The lowest BCUT2D eigenvalue weighted by Crippen LogP contribution is -2.07. The van der Waals surface area contributed by atoms with Gasteiger partial charge in [0.2, 0.25) is 0 Å². The third-order valence-corrected chi connectivity index (χ3v) is 3.42. The first kappa shape index (κ1) is 16.5. The molecule has 0 saturated carbocycles. The first-order valence-corrected chi connectivity index (χ1v) is 7.31. The summed E-state index contributed by atoms with van der Waals surface area (Å²) in [4.78, 5) is 11.1. The summed E-state index contributed by atoms with van der Waals surface area (Å²) in [5.74, 6) is 0.672. The predicted octanol–water partition coefficient (Wildman–Crippen LogP) is 4.72. The highest BCUT2D eigenvalue weighted by molar-refractivity contribution is 5.69. The van der Waals surface area contributed by atoms with Crippen molar-refractivity contribution in [2.75, 3.05) is 7.11 Å². The van der Waals surface area contributed by atoms with Crippen LogP contribution in [-0.4, -0.2) is 13.1 Å². The van der Waals surface area contributed by atoms with Crippen molar-refractivity contribution >= 4 is 5.97 Å². The van der Waals surface area contributed by atoms with Crippen molar-refractivity contribution < 1.29 is 9.53 Å². The lowest BCUT2D eigenvalue weighted by molar-refractivity contribution is -0.141. The van der Waals surface area contributed by atoms with Gasteiger partial charge in [-0.15, -0.1) is 0 Å². The molecular weight excluding hydrogens is 212 g/mol. The molecule has 0 fully saturated rings. The number of hydrogen-bond donors (Lipinski definition) is 0. The van der Waals surface area contributed by atoms with Crippen LogP contribution in [0.5, 0.6) is 0 Å². The molecule has 0 saturated heterocycles. The van der Waals surface area contributed by atoms with Crippen molar-refractivity contribution in [2.45, 2.75) is 78.1 Å². The summed E-state index contributed by atoms with van der Waals surface area (Å²) >= 11 is 0. The number of methoxy groups -OCH3 is 1. The molecule has 0 N–H and O–H groups in total. The fraction of sp³-hybridized carbons (Fsp3) is 0.933. The monoisotopic (exact) mass is 242 g/mol. The minimum absolute atomic E-state index is 0.0555. The maximum Gasteiger partial charge on any atom is 0.305 e. The zero-order valence-electron chi connectivity index (χ0n) is 12.0. The molecule has 0 aromatic carbocycles. The standard InChI is InChI=1S/C15H30O2/c1-4-6-8-9-11-14(10-7-5-2)12-13-15(16)17-3/h14H,4-13H2,1-3H3. The van der Waals surface area contributed by atoms with Gasteiger partial charge in [0.05, 0.1) is 7.11 Å². The zero-order valence-corrected chi connectivity index (χ0v) is 12.0. The van der Waals surface area contributed by atoms with Gasteiger partial charge >= 0.3 is 5.97 Å². The third kappa shape index (κ3) is 10.3. The van der Waals surface area contributed by atoms with Gasteiger partial charge < -0.3 is 4.74 Å². The van der Waals surface area contributed by atoms with Gasteiger partial charge in [-0.2, -0.15) is 0 Å². The van der Waals surface area contributed by atoms with Gasteiger partial charge in [-0.3, -0.25) is 4.79 Å². The van der Waals surface area contributed by atoms with E-state index in [1.807, 2.05) is 0 Å². The van der Waals surface area contributed by atoms with Crippen molar-refractivity contribution in [3.8, 4) is 0 Å². The van der Waals surface area contributed by atoms with Gasteiger partial charge in [0.25, 0.3) is 0 Å². The molecule has 0 bridgehead atoms. The molecule has 1 atom stereocenters. The Bertz CT molecular complexity index is 178. The van der Waals surface area contributed by atoms with Crippen molar-refractivity contribution in [3.63, 3.8) is 0 Å². The van der Waals surface area contributed by atoms with E-state index in [4.69, 9.17) is 4.74 Å². The number of hydrogen-bond acceptors (Lipinski definition) is 2. The topological polar surface area (TPSA) is 26.3 Å². The maximum absolute atomic E-state index is 11.1. The van der Waals surface area contributed by atoms with Crippen LogP contribution in [0.4, 0.5) is 0 Å². The molecule has 0 aliphatic heterocycles. The molecule has 2 heteroatoms. The molecule has 102 valence electrons. The number of carbonyl (C=O) groups is 1. The molecule has 0 radical (unpaired) electrons. The van der Waals surface area contributed by atoms with Gasteiger partial charge in [-0.05, 0) is 12.3 Å². The fourth-order valence-electron chi connectivity index (χ4n) is 2.21. The summed E-state index contributed by atoms with van der Waals surface area (Å²) < 4.78 is 4.71. The second-order valence-corrected chi connectivity index (χ2v) is 4.97. The first-order chi connectivity index (χ1) is 8.24. The average molecular weight is 242 g/mol. The van der Waals surface area contributed by atoms with E-state index in [1.165, 1.54) is 58.5 Å². The molecule has 0 aromatic rings. The van der Waals surface area contributed by atoms with Crippen LogP contribution in [-0.2, 0) is 9.53 Å². The third-order valence-electron chi connectivity index (χ3n) is 3.42. The van der Waals surface area contributed by atoms with Crippen molar-refractivity contribution in [2.24, 2.45) is 5.92 Å². The largest absolute Gasteiger partial charge is 0.469 e. The molecule has 0 rings (SSSR count). The van der Waals surface area contributed by atoms with E-state index in [-0.39, 0.29) is 5.97 Å². The molecule has 17 heavy (non-hydrogen) atoms. The van der Waals surface area contributed by atoms with Crippen molar-refractivity contribution in [1.29, 1.82) is 0 Å². The van der Waals surface area contributed by atoms with E-state index in [0.717, 1.165) is 12.3 Å². The zero-order chi connectivity index (χ0) is 12.9. The Hall–Kier alpha value is -0.530. The Kier molecular flexibility index (Phi) is 11.6. The molecule has 0 aliphatic rings. The second kappa shape index (κ2) is 11.9. The van der Waals surface area contributed by atoms with Gasteiger partial charge in [0.15, 0.2) is 0 Å². The van der Waals surface area contributed by atoms with Crippen molar-refractivity contribution in [3.05, 3.63) is 0 Å². The maximum atomic E-state index is 11.1. The van der Waals surface area contributed by atoms with Crippen LogP contribution in [0, 0.1) is 5.92 Å². The van der Waals surface area contributed by atoms with E-state index in [9.17, 15) is 4.79 Å². The summed E-state index contributed by atoms with van der Waals surface area (Å²) in [5, 5.41) is 0. The molecule has 0 amide bonds. The van der Waals surface area contributed by atoms with Crippen molar-refractivity contribution in [1.82, 2.24) is 0 Å². The summed E-state index contributed by atoms with van der Waals surface area (Å²) in [6.45, 7) is 4.47. The Morgan fingerprint density at radius 1 is 0.941 bits per heavy atom. The normalized spacial score (nSPS) is 12.4. The minimum Gasteiger partial charge on any atom is -0.469 e. The van der Waals surface area contributed by atoms with Crippen LogP contribution in [0.1, 0.15) is 78.1 Å². The number of rotatable bonds is 11. The molecule has 0 heterocycles. The Morgan fingerprint density at radius 2 is 1.59 bits per heavy atom. The minimum atomic E-state index is -0.0555. The van der Waals surface area contributed by atoms with Gasteiger partial charge in [0, 0.05) is 6.42 Å². The number of ether oxygens (including phenoxy) is 1. The molecule has 0 spiro atoms. The van der Waals surface area contributed by atoms with Gasteiger partial charge in [-0.25, -0.2) is 0 Å². The van der Waals surface area contributed by atoms with Crippen LogP contribution in [0.2, 0.25) is 0 Å². The quantitative estimate of drug-likeness (QED) is 0.387. The van der Waals surface area contributed by atoms with Crippen LogP contribution >= 0.6 is 0 Å². The van der Waals surface area contributed by atoms with E-state index < -0.39 is 0 Å². The molecule has 0 aliphatic carbocycles. The average Bonchev–Trinajstić information content (AvgIpc) is 2.36. The van der Waals surface area contributed by atoms with Crippen LogP contribution in [0.15, 0.2) is 0 Å². The van der Waals surface area contributed by atoms with E-state index in [1.54, 1.807) is 0 Å². The highest BCUT2D eigenvalue weighted by atomic mass is 16.5. The molecular formula is C15H30O2.